The normalized spacial score (nSPS) is 15.0. The van der Waals surface area contributed by atoms with Gasteiger partial charge in [-0.25, -0.2) is 9.37 Å². The summed E-state index contributed by atoms with van der Waals surface area (Å²) in [4.78, 5) is 24.2. The Morgan fingerprint density at radius 2 is 2.06 bits per heavy atom. The fourth-order valence-corrected chi connectivity index (χ4v) is 4.35. The van der Waals surface area contributed by atoms with Gasteiger partial charge in [-0.05, 0) is 24.3 Å². The van der Waals surface area contributed by atoms with Crippen molar-refractivity contribution in [1.29, 1.82) is 0 Å². The second-order valence-electron chi connectivity index (χ2n) is 8.18. The third kappa shape index (κ3) is 3.62. The maximum Gasteiger partial charge on any atom is 0.267 e. The van der Waals surface area contributed by atoms with Crippen LogP contribution in [-0.4, -0.2) is 51.0 Å². The van der Waals surface area contributed by atoms with E-state index in [0.717, 1.165) is 0 Å². The van der Waals surface area contributed by atoms with Crippen LogP contribution in [-0.2, 0) is 0 Å². The lowest BCUT2D eigenvalue weighted by atomic mass is 10.2. The molecule has 176 valence electrons. The minimum absolute atomic E-state index is 0.0946. The van der Waals surface area contributed by atoms with Crippen LogP contribution in [0.25, 0.3) is 27.6 Å². The smallest absolute Gasteiger partial charge is 0.267 e. The Hall–Kier alpha value is -4.18. The van der Waals surface area contributed by atoms with Gasteiger partial charge in [0.2, 0.25) is 5.95 Å². The van der Waals surface area contributed by atoms with E-state index in [9.17, 15) is 9.18 Å². The van der Waals surface area contributed by atoms with Gasteiger partial charge in [0.25, 0.3) is 5.56 Å². The number of halogens is 2. The highest BCUT2D eigenvalue weighted by Gasteiger charge is 2.24. The summed E-state index contributed by atoms with van der Waals surface area (Å²) in [6.07, 6.45) is 2.72. The number of rotatable bonds is 4. The Kier molecular flexibility index (Phi) is 5.03. The first-order chi connectivity index (χ1) is 17.0. The number of aromatic amines is 1. The molecule has 1 atom stereocenters. The summed E-state index contributed by atoms with van der Waals surface area (Å²) in [6.45, 7) is 0.726. The number of nitrogens with zero attached hydrogens (tertiary/aromatic N) is 5. The van der Waals surface area contributed by atoms with Gasteiger partial charge in [0.05, 0.1) is 34.7 Å². The highest BCUT2D eigenvalue weighted by atomic mass is 35.5. The summed E-state index contributed by atoms with van der Waals surface area (Å²) < 4.78 is 27.8. The average molecular weight is 493 g/mol. The maximum absolute atomic E-state index is 14.7. The van der Waals surface area contributed by atoms with Crippen LogP contribution in [0, 0.1) is 5.82 Å². The van der Waals surface area contributed by atoms with Crippen LogP contribution in [0.1, 0.15) is 0 Å². The lowest BCUT2D eigenvalue weighted by Crippen LogP contribution is -2.40. The van der Waals surface area contributed by atoms with Crippen molar-refractivity contribution in [2.45, 2.75) is 6.10 Å². The van der Waals surface area contributed by atoms with E-state index in [-0.39, 0.29) is 17.4 Å². The SMILES string of the molecule is CN(CC1COc2cc(Cl)ccc2O1)c1ncc2c3[nH]ncc3c(=O)n(-c3ccccc3F)c2n1. The van der Waals surface area contributed by atoms with Crippen molar-refractivity contribution >= 4 is 39.5 Å². The van der Waals surface area contributed by atoms with Crippen molar-refractivity contribution in [3.05, 3.63) is 76.1 Å². The van der Waals surface area contributed by atoms with Gasteiger partial charge in [-0.3, -0.25) is 14.5 Å². The van der Waals surface area contributed by atoms with Gasteiger partial charge in [-0.1, -0.05) is 23.7 Å². The number of aromatic nitrogens is 5. The Bertz CT molecular complexity index is 1650. The number of fused-ring (bicyclic) bond motifs is 4. The zero-order valence-electron chi connectivity index (χ0n) is 18.4. The van der Waals surface area contributed by atoms with E-state index in [1.165, 1.54) is 22.9 Å². The molecule has 4 heterocycles. The molecule has 0 spiro atoms. The van der Waals surface area contributed by atoms with Gasteiger partial charge >= 0.3 is 0 Å². The molecular formula is C24H18ClFN6O3. The molecule has 35 heavy (non-hydrogen) atoms. The monoisotopic (exact) mass is 492 g/mol. The molecule has 2 aromatic carbocycles. The van der Waals surface area contributed by atoms with Crippen molar-refractivity contribution in [2.75, 3.05) is 25.1 Å². The molecule has 3 aromatic heterocycles. The maximum atomic E-state index is 14.7. The highest BCUT2D eigenvalue weighted by Crippen LogP contribution is 2.34. The second-order valence-corrected chi connectivity index (χ2v) is 8.62. The topological polar surface area (TPSA) is 98.2 Å². The van der Waals surface area contributed by atoms with Crippen molar-refractivity contribution in [2.24, 2.45) is 0 Å². The molecule has 11 heteroatoms. The predicted molar refractivity (Wildman–Crippen MR) is 129 cm³/mol. The van der Waals surface area contributed by atoms with Gasteiger partial charge in [-0.15, -0.1) is 0 Å². The Balaban J connectivity index is 1.40. The number of pyridine rings is 1. The van der Waals surface area contributed by atoms with Gasteiger partial charge in [0.1, 0.15) is 12.4 Å². The van der Waals surface area contributed by atoms with Crippen LogP contribution in [0.5, 0.6) is 11.5 Å². The summed E-state index contributed by atoms with van der Waals surface area (Å²) in [6, 6.07) is 11.3. The molecule has 1 N–H and O–H groups in total. The number of hydrogen-bond donors (Lipinski definition) is 1. The Labute approximate surface area is 202 Å². The molecule has 1 aliphatic heterocycles. The molecular weight excluding hydrogens is 475 g/mol. The average Bonchev–Trinajstić information content (AvgIpc) is 3.36. The fourth-order valence-electron chi connectivity index (χ4n) is 4.19. The van der Waals surface area contributed by atoms with Crippen molar-refractivity contribution in [3.8, 4) is 17.2 Å². The van der Waals surface area contributed by atoms with Crippen molar-refractivity contribution in [1.82, 2.24) is 24.7 Å². The van der Waals surface area contributed by atoms with Crippen molar-refractivity contribution in [3.63, 3.8) is 0 Å². The molecule has 0 amide bonds. The summed E-state index contributed by atoms with van der Waals surface area (Å²) in [7, 11) is 1.81. The Morgan fingerprint density at radius 3 is 2.91 bits per heavy atom. The second kappa shape index (κ2) is 8.24. The summed E-state index contributed by atoms with van der Waals surface area (Å²) in [5, 5.41) is 8.25. The van der Waals surface area contributed by atoms with Crippen LogP contribution in [0.2, 0.25) is 5.02 Å². The van der Waals surface area contributed by atoms with Gasteiger partial charge in [0, 0.05) is 24.3 Å². The molecule has 0 bridgehead atoms. The van der Waals surface area contributed by atoms with Crippen LogP contribution in [0.3, 0.4) is 0 Å². The Morgan fingerprint density at radius 1 is 1.20 bits per heavy atom. The first-order valence-electron chi connectivity index (χ1n) is 10.8. The summed E-state index contributed by atoms with van der Waals surface area (Å²) >= 11 is 6.02. The number of benzene rings is 2. The lowest BCUT2D eigenvalue weighted by molar-refractivity contribution is 0.0958. The van der Waals surface area contributed by atoms with Gasteiger partial charge < -0.3 is 14.4 Å². The van der Waals surface area contributed by atoms with Gasteiger partial charge in [0.15, 0.2) is 23.3 Å². The van der Waals surface area contributed by atoms with E-state index >= 15 is 0 Å². The largest absolute Gasteiger partial charge is 0.486 e. The molecule has 0 fully saturated rings. The minimum Gasteiger partial charge on any atom is -0.486 e. The van der Waals surface area contributed by atoms with Crippen LogP contribution >= 0.6 is 11.6 Å². The number of para-hydroxylation sites is 1. The quantitative estimate of drug-likeness (QED) is 0.408. The van der Waals surface area contributed by atoms with Gasteiger partial charge in [-0.2, -0.15) is 10.1 Å². The van der Waals surface area contributed by atoms with E-state index in [1.54, 1.807) is 41.4 Å². The molecule has 1 unspecified atom stereocenters. The van der Waals surface area contributed by atoms with Crippen LogP contribution < -0.4 is 19.9 Å². The third-order valence-corrected chi connectivity index (χ3v) is 6.08. The number of H-pyrrole nitrogens is 1. The summed E-state index contributed by atoms with van der Waals surface area (Å²) in [5.74, 6) is 0.995. The van der Waals surface area contributed by atoms with E-state index in [2.05, 4.69) is 20.2 Å². The van der Waals surface area contributed by atoms with Crippen LogP contribution in [0.4, 0.5) is 10.3 Å². The summed E-state index contributed by atoms with van der Waals surface area (Å²) in [5.41, 5.74) is 0.413. The highest BCUT2D eigenvalue weighted by molar-refractivity contribution is 6.30. The third-order valence-electron chi connectivity index (χ3n) is 5.85. The molecule has 6 rings (SSSR count). The lowest BCUT2D eigenvalue weighted by Gasteiger charge is -2.29. The zero-order valence-corrected chi connectivity index (χ0v) is 19.2. The molecule has 1 aliphatic rings. The molecule has 9 nitrogen and oxygen atoms in total. The molecule has 5 aromatic rings. The van der Waals surface area contributed by atoms with E-state index in [1.807, 2.05) is 7.05 Å². The molecule has 0 radical (unpaired) electrons. The predicted octanol–water partition coefficient (Wildman–Crippen LogP) is 3.73. The minimum atomic E-state index is -0.543. The zero-order chi connectivity index (χ0) is 24.1. The van der Waals surface area contributed by atoms with E-state index in [0.29, 0.717) is 51.9 Å². The number of anilines is 1. The molecule has 0 saturated heterocycles. The first-order valence-corrected chi connectivity index (χ1v) is 11.2. The van der Waals surface area contributed by atoms with E-state index in [4.69, 9.17) is 21.1 Å². The van der Waals surface area contributed by atoms with Crippen molar-refractivity contribution < 1.29 is 13.9 Å². The number of ether oxygens (including phenoxy) is 2. The van der Waals surface area contributed by atoms with E-state index < -0.39 is 11.4 Å². The number of likely N-dealkylation sites (N-methyl/N-ethyl adjacent to an activating group) is 1. The molecule has 0 aliphatic carbocycles. The molecule has 0 saturated carbocycles. The number of hydrogen-bond acceptors (Lipinski definition) is 7. The first kappa shape index (κ1) is 21.4. The van der Waals surface area contributed by atoms with Crippen LogP contribution in [0.15, 0.2) is 59.7 Å². The standard InChI is InChI=1S/C24H18ClFN6O3/c1-31(11-14-12-34-20-8-13(25)6-7-19(20)35-14)24-27-9-15-21-16(10-28-30-21)23(33)32(22(15)29-24)18-5-3-2-4-17(18)26/h2-10,14H,11-12H2,1H3,(H,28,30). The fraction of sp³-hybridized carbons (Fsp3) is 0.167. The number of nitrogens with one attached hydrogen (secondary N) is 1.